The number of amides is 1. The molecule has 0 atom stereocenters. The zero-order valence-electron chi connectivity index (χ0n) is 12.1. The van der Waals surface area contributed by atoms with Crippen molar-refractivity contribution in [3.05, 3.63) is 69.2 Å². The molecule has 0 bridgehead atoms. The average Bonchev–Trinajstić information content (AvgIpc) is 2.50. The van der Waals surface area contributed by atoms with Gasteiger partial charge in [-0.05, 0) is 42.7 Å². The second kappa shape index (κ2) is 7.89. The van der Waals surface area contributed by atoms with Crippen molar-refractivity contribution in [3.63, 3.8) is 0 Å². The van der Waals surface area contributed by atoms with Crippen molar-refractivity contribution < 1.29 is 4.79 Å². The minimum absolute atomic E-state index is 0.289. The van der Waals surface area contributed by atoms with Gasteiger partial charge in [-0.3, -0.25) is 4.79 Å². The van der Waals surface area contributed by atoms with Gasteiger partial charge in [-0.2, -0.15) is 0 Å². The molecule has 0 saturated carbocycles. The largest absolute Gasteiger partial charge is 0.345 e. The molecular formula is C18H15Cl2NO. The highest BCUT2D eigenvalue weighted by Gasteiger charge is 2.01. The highest BCUT2D eigenvalue weighted by atomic mass is 35.5. The van der Waals surface area contributed by atoms with Crippen molar-refractivity contribution in [1.29, 1.82) is 0 Å². The fourth-order valence-corrected chi connectivity index (χ4v) is 2.22. The Balaban J connectivity index is 1.86. The van der Waals surface area contributed by atoms with E-state index in [1.165, 1.54) is 0 Å². The van der Waals surface area contributed by atoms with Gasteiger partial charge in [0.1, 0.15) is 0 Å². The first-order chi connectivity index (χ1) is 10.6. The minimum Gasteiger partial charge on any atom is -0.345 e. The first-order valence-electron chi connectivity index (χ1n) is 6.85. The van der Waals surface area contributed by atoms with Crippen LogP contribution in [0.4, 0.5) is 0 Å². The summed E-state index contributed by atoms with van der Waals surface area (Å²) in [5, 5.41) is 3.81. The molecule has 0 aliphatic heterocycles. The van der Waals surface area contributed by atoms with Gasteiger partial charge >= 0.3 is 0 Å². The van der Waals surface area contributed by atoms with E-state index in [0.717, 1.165) is 16.7 Å². The van der Waals surface area contributed by atoms with Gasteiger partial charge in [0.2, 0.25) is 0 Å². The number of hydrogen-bond acceptors (Lipinski definition) is 1. The van der Waals surface area contributed by atoms with Crippen LogP contribution in [0.1, 0.15) is 16.7 Å². The van der Waals surface area contributed by atoms with Crippen LogP contribution in [0.3, 0.4) is 0 Å². The molecule has 0 heterocycles. The van der Waals surface area contributed by atoms with Crippen molar-refractivity contribution in [3.8, 4) is 11.8 Å². The van der Waals surface area contributed by atoms with Crippen LogP contribution >= 0.6 is 23.2 Å². The number of aryl methyl sites for hydroxylation is 1. The van der Waals surface area contributed by atoms with Gasteiger partial charge in [-0.15, -0.1) is 0 Å². The van der Waals surface area contributed by atoms with Gasteiger partial charge in [0, 0.05) is 18.0 Å². The van der Waals surface area contributed by atoms with E-state index in [-0.39, 0.29) is 5.91 Å². The Hall–Kier alpha value is -1.95. The van der Waals surface area contributed by atoms with Crippen LogP contribution in [0, 0.1) is 18.8 Å². The van der Waals surface area contributed by atoms with E-state index >= 15 is 0 Å². The monoisotopic (exact) mass is 331 g/mol. The van der Waals surface area contributed by atoms with Gasteiger partial charge in [0.05, 0.1) is 10.0 Å². The molecular weight excluding hydrogens is 317 g/mol. The molecule has 0 aliphatic carbocycles. The lowest BCUT2D eigenvalue weighted by molar-refractivity contribution is -0.115. The third-order valence-electron chi connectivity index (χ3n) is 3.14. The maximum Gasteiger partial charge on any atom is 0.296 e. The van der Waals surface area contributed by atoms with Gasteiger partial charge in [-0.25, -0.2) is 0 Å². The molecule has 0 radical (unpaired) electrons. The summed E-state index contributed by atoms with van der Waals surface area (Å²) >= 11 is 11.8. The van der Waals surface area contributed by atoms with Gasteiger partial charge < -0.3 is 5.32 Å². The van der Waals surface area contributed by atoms with Gasteiger partial charge in [0.25, 0.3) is 5.91 Å². The lowest BCUT2D eigenvalue weighted by Gasteiger charge is -2.03. The van der Waals surface area contributed by atoms with Crippen LogP contribution in [0.15, 0.2) is 42.5 Å². The first-order valence-corrected chi connectivity index (χ1v) is 7.61. The van der Waals surface area contributed by atoms with Crippen LogP contribution in [-0.4, -0.2) is 12.5 Å². The van der Waals surface area contributed by atoms with Crippen molar-refractivity contribution in [2.75, 3.05) is 6.54 Å². The average molecular weight is 332 g/mol. The zero-order chi connectivity index (χ0) is 15.9. The van der Waals surface area contributed by atoms with E-state index in [2.05, 4.69) is 17.2 Å². The molecule has 0 saturated heterocycles. The topological polar surface area (TPSA) is 29.1 Å². The Morgan fingerprint density at radius 1 is 1.14 bits per heavy atom. The number of carbonyl (C=O) groups is 1. The van der Waals surface area contributed by atoms with Gasteiger partial charge in [-0.1, -0.05) is 53.4 Å². The van der Waals surface area contributed by atoms with Crippen molar-refractivity contribution in [1.82, 2.24) is 5.32 Å². The fraction of sp³-hybridized carbons (Fsp3) is 0.167. The Kier molecular flexibility index (Phi) is 5.89. The maximum atomic E-state index is 11.7. The summed E-state index contributed by atoms with van der Waals surface area (Å²) < 4.78 is 0. The summed E-state index contributed by atoms with van der Waals surface area (Å²) in [5.41, 5.74) is 2.93. The molecule has 0 aliphatic rings. The fourth-order valence-electron chi connectivity index (χ4n) is 1.90. The van der Waals surface area contributed by atoms with E-state index in [9.17, 15) is 4.79 Å². The number of rotatable bonds is 3. The molecule has 22 heavy (non-hydrogen) atoms. The van der Waals surface area contributed by atoms with Crippen molar-refractivity contribution in [2.45, 2.75) is 13.3 Å². The number of benzene rings is 2. The maximum absolute atomic E-state index is 11.7. The second-order valence-corrected chi connectivity index (χ2v) is 5.63. The summed E-state index contributed by atoms with van der Waals surface area (Å²) in [5.74, 6) is 5.19. The molecule has 2 aromatic carbocycles. The van der Waals surface area contributed by atoms with E-state index in [0.29, 0.717) is 23.0 Å². The second-order valence-electron chi connectivity index (χ2n) is 4.82. The SMILES string of the molecule is Cc1ccccc1C#CC(=O)NCCc1ccc(Cl)c(Cl)c1. The van der Waals surface area contributed by atoms with Crippen LogP contribution in [0.5, 0.6) is 0 Å². The molecule has 0 spiro atoms. The Morgan fingerprint density at radius 3 is 2.64 bits per heavy atom. The lowest BCUT2D eigenvalue weighted by Crippen LogP contribution is -2.24. The minimum atomic E-state index is -0.289. The third kappa shape index (κ3) is 4.80. The quantitative estimate of drug-likeness (QED) is 0.846. The summed E-state index contributed by atoms with van der Waals surface area (Å²) in [6.45, 7) is 2.46. The normalized spacial score (nSPS) is 9.77. The predicted octanol–water partition coefficient (Wildman–Crippen LogP) is 4.01. The highest BCUT2D eigenvalue weighted by Crippen LogP contribution is 2.22. The molecule has 0 fully saturated rings. The van der Waals surface area contributed by atoms with Crippen LogP contribution in [-0.2, 0) is 11.2 Å². The Morgan fingerprint density at radius 2 is 1.91 bits per heavy atom. The van der Waals surface area contributed by atoms with Crippen LogP contribution < -0.4 is 5.32 Å². The Labute approximate surface area is 140 Å². The van der Waals surface area contributed by atoms with Gasteiger partial charge in [0.15, 0.2) is 0 Å². The highest BCUT2D eigenvalue weighted by molar-refractivity contribution is 6.42. The molecule has 2 nitrogen and oxygen atoms in total. The number of halogens is 2. The van der Waals surface area contributed by atoms with Crippen molar-refractivity contribution >= 4 is 29.1 Å². The van der Waals surface area contributed by atoms with E-state index in [4.69, 9.17) is 23.2 Å². The standard InChI is InChI=1S/C18H15Cl2NO/c1-13-4-2-3-5-15(13)7-9-18(22)21-11-10-14-6-8-16(19)17(20)12-14/h2-6,8,12H,10-11H2,1H3,(H,21,22). The summed E-state index contributed by atoms with van der Waals surface area (Å²) in [4.78, 5) is 11.7. The molecule has 2 aromatic rings. The summed E-state index contributed by atoms with van der Waals surface area (Å²) in [7, 11) is 0. The molecule has 2 rings (SSSR count). The van der Waals surface area contributed by atoms with Crippen LogP contribution in [0.2, 0.25) is 10.0 Å². The number of hydrogen-bond donors (Lipinski definition) is 1. The third-order valence-corrected chi connectivity index (χ3v) is 3.88. The molecule has 0 unspecified atom stereocenters. The summed E-state index contributed by atoms with van der Waals surface area (Å²) in [6.07, 6.45) is 0.675. The first kappa shape index (κ1) is 16.4. The Bertz CT molecular complexity index is 744. The van der Waals surface area contributed by atoms with E-state index in [1.54, 1.807) is 12.1 Å². The lowest BCUT2D eigenvalue weighted by atomic mass is 10.1. The summed E-state index contributed by atoms with van der Waals surface area (Å²) in [6, 6.07) is 13.1. The number of carbonyl (C=O) groups excluding carboxylic acids is 1. The molecule has 1 amide bonds. The van der Waals surface area contributed by atoms with Crippen molar-refractivity contribution in [2.24, 2.45) is 0 Å². The van der Waals surface area contributed by atoms with Crippen LogP contribution in [0.25, 0.3) is 0 Å². The molecule has 1 N–H and O–H groups in total. The van der Waals surface area contributed by atoms with E-state index in [1.807, 2.05) is 37.3 Å². The van der Waals surface area contributed by atoms with E-state index < -0.39 is 0 Å². The predicted molar refractivity (Wildman–Crippen MR) is 91.2 cm³/mol. The number of nitrogens with one attached hydrogen (secondary N) is 1. The smallest absolute Gasteiger partial charge is 0.296 e. The zero-order valence-corrected chi connectivity index (χ0v) is 13.6. The molecule has 4 heteroatoms. The molecule has 0 aromatic heterocycles. The molecule has 112 valence electrons.